The first kappa shape index (κ1) is 23.4. The first-order valence-corrected chi connectivity index (χ1v) is 9.82. The van der Waals surface area contributed by atoms with Gasteiger partial charge in [-0.1, -0.05) is 25.1 Å². The molecule has 8 nitrogen and oxygen atoms in total. The molecule has 29 heavy (non-hydrogen) atoms. The first-order chi connectivity index (χ1) is 13.7. The number of ether oxygens (including phenoxy) is 2. The minimum Gasteiger partial charge on any atom is -0.489 e. The summed E-state index contributed by atoms with van der Waals surface area (Å²) in [6.07, 6.45) is 2.86. The molecule has 1 aliphatic heterocycles. The van der Waals surface area contributed by atoms with Gasteiger partial charge < -0.3 is 20.1 Å². The number of benzene rings is 1. The van der Waals surface area contributed by atoms with Crippen LogP contribution in [0.1, 0.15) is 31.4 Å². The molecule has 0 aliphatic carbocycles. The summed E-state index contributed by atoms with van der Waals surface area (Å²) in [6.45, 7) is 4.02. The number of aromatic nitrogens is 3. The summed E-state index contributed by atoms with van der Waals surface area (Å²) in [5, 5.41) is 11.4. The van der Waals surface area contributed by atoms with Crippen LogP contribution in [0.15, 0.2) is 35.3 Å². The van der Waals surface area contributed by atoms with Gasteiger partial charge in [-0.05, 0) is 25.0 Å². The number of guanidine groups is 1. The van der Waals surface area contributed by atoms with Crippen molar-refractivity contribution in [3.63, 3.8) is 0 Å². The van der Waals surface area contributed by atoms with E-state index in [1.54, 1.807) is 14.2 Å². The third-order valence-electron chi connectivity index (χ3n) is 4.74. The number of hydrogen-bond acceptors (Lipinski definition) is 5. The minimum absolute atomic E-state index is 0. The van der Waals surface area contributed by atoms with E-state index in [2.05, 4.69) is 32.6 Å². The summed E-state index contributed by atoms with van der Waals surface area (Å²) < 4.78 is 13.1. The second kappa shape index (κ2) is 12.0. The molecule has 2 N–H and O–H groups in total. The normalized spacial score (nSPS) is 17.1. The van der Waals surface area contributed by atoms with Crippen LogP contribution in [0.3, 0.4) is 0 Å². The smallest absolute Gasteiger partial charge is 0.191 e. The Bertz CT molecular complexity index is 768. The van der Waals surface area contributed by atoms with E-state index in [0.29, 0.717) is 13.2 Å². The van der Waals surface area contributed by atoms with Gasteiger partial charge in [-0.25, -0.2) is 9.67 Å². The molecule has 2 atom stereocenters. The van der Waals surface area contributed by atoms with E-state index in [1.807, 2.05) is 35.0 Å². The lowest BCUT2D eigenvalue weighted by Gasteiger charge is -2.26. The Hall–Kier alpha value is -1.88. The number of hydrogen-bond donors (Lipinski definition) is 2. The standard InChI is InChI=1S/C20H30N6O2.HI/c1-4-16(28-17-8-6-5-7-9-17)12-22-20(21-2)23-15-10-11-19-24-18(14-27-3)25-26(19)13-15;/h5-9,15-16H,4,10-14H2,1-3H3,(H2,21,22,23);1H. The van der Waals surface area contributed by atoms with Crippen LogP contribution < -0.4 is 15.4 Å². The van der Waals surface area contributed by atoms with Crippen molar-refractivity contribution >= 4 is 29.9 Å². The van der Waals surface area contributed by atoms with E-state index in [0.717, 1.165) is 49.2 Å². The molecule has 2 aromatic rings. The monoisotopic (exact) mass is 514 g/mol. The predicted molar refractivity (Wildman–Crippen MR) is 124 cm³/mol. The molecule has 160 valence electrons. The van der Waals surface area contributed by atoms with Crippen LogP contribution in [0, 0.1) is 0 Å². The molecule has 0 radical (unpaired) electrons. The molecular formula is C20H31IN6O2. The average molecular weight is 514 g/mol. The highest BCUT2D eigenvalue weighted by atomic mass is 127. The molecule has 1 aromatic heterocycles. The fraction of sp³-hybridized carbons (Fsp3) is 0.550. The lowest BCUT2D eigenvalue weighted by molar-refractivity contribution is 0.177. The van der Waals surface area contributed by atoms with Gasteiger partial charge in [0.25, 0.3) is 0 Å². The summed E-state index contributed by atoms with van der Waals surface area (Å²) >= 11 is 0. The van der Waals surface area contributed by atoms with Crippen LogP contribution in [0.25, 0.3) is 0 Å². The van der Waals surface area contributed by atoms with E-state index < -0.39 is 0 Å². The number of para-hydroxylation sites is 1. The molecule has 0 saturated heterocycles. The Labute approximate surface area is 189 Å². The Morgan fingerprint density at radius 2 is 2.14 bits per heavy atom. The number of nitrogens with zero attached hydrogens (tertiary/aromatic N) is 4. The highest BCUT2D eigenvalue weighted by Crippen LogP contribution is 2.14. The van der Waals surface area contributed by atoms with Crippen molar-refractivity contribution in [2.75, 3.05) is 20.7 Å². The Morgan fingerprint density at radius 3 is 2.83 bits per heavy atom. The van der Waals surface area contributed by atoms with Gasteiger partial charge in [-0.3, -0.25) is 4.99 Å². The number of fused-ring (bicyclic) bond motifs is 1. The zero-order chi connectivity index (χ0) is 19.8. The van der Waals surface area contributed by atoms with Gasteiger partial charge in [0.05, 0.1) is 13.1 Å². The van der Waals surface area contributed by atoms with Gasteiger partial charge >= 0.3 is 0 Å². The van der Waals surface area contributed by atoms with Crippen molar-refractivity contribution in [1.29, 1.82) is 0 Å². The second-order valence-corrected chi connectivity index (χ2v) is 6.85. The molecule has 0 amide bonds. The van der Waals surface area contributed by atoms with Crippen molar-refractivity contribution in [2.24, 2.45) is 4.99 Å². The molecule has 2 heterocycles. The van der Waals surface area contributed by atoms with Crippen molar-refractivity contribution in [3.05, 3.63) is 42.0 Å². The fourth-order valence-electron chi connectivity index (χ4n) is 3.23. The SMILES string of the molecule is CCC(CNC(=NC)NC1CCc2nc(COC)nn2C1)Oc1ccccc1.I. The number of aryl methyl sites for hydroxylation is 1. The molecule has 1 aliphatic rings. The van der Waals surface area contributed by atoms with Crippen LogP contribution >= 0.6 is 24.0 Å². The lowest BCUT2D eigenvalue weighted by atomic mass is 10.1. The second-order valence-electron chi connectivity index (χ2n) is 6.85. The van der Waals surface area contributed by atoms with Gasteiger partial charge in [0, 0.05) is 26.6 Å². The maximum absolute atomic E-state index is 6.04. The van der Waals surface area contributed by atoms with Crippen molar-refractivity contribution in [3.8, 4) is 5.75 Å². The van der Waals surface area contributed by atoms with Crippen molar-refractivity contribution in [1.82, 2.24) is 25.4 Å². The van der Waals surface area contributed by atoms with Gasteiger partial charge in [-0.15, -0.1) is 24.0 Å². The zero-order valence-corrected chi connectivity index (χ0v) is 19.6. The van der Waals surface area contributed by atoms with E-state index in [1.165, 1.54) is 0 Å². The highest BCUT2D eigenvalue weighted by Gasteiger charge is 2.22. The third kappa shape index (κ3) is 6.84. The van der Waals surface area contributed by atoms with Gasteiger partial charge in [0.2, 0.25) is 0 Å². The number of halogens is 1. The van der Waals surface area contributed by atoms with Gasteiger partial charge in [0.15, 0.2) is 11.8 Å². The fourth-order valence-corrected chi connectivity index (χ4v) is 3.23. The average Bonchev–Trinajstić information content (AvgIpc) is 3.12. The molecule has 1 aromatic carbocycles. The summed E-state index contributed by atoms with van der Waals surface area (Å²) in [6, 6.07) is 10.2. The summed E-state index contributed by atoms with van der Waals surface area (Å²) in [5.74, 6) is 3.43. The van der Waals surface area contributed by atoms with E-state index in [-0.39, 0.29) is 36.1 Å². The van der Waals surface area contributed by atoms with Gasteiger partial charge in [-0.2, -0.15) is 5.10 Å². The molecule has 0 fully saturated rings. The molecule has 9 heteroatoms. The number of nitrogens with one attached hydrogen (secondary N) is 2. The summed E-state index contributed by atoms with van der Waals surface area (Å²) in [5.41, 5.74) is 0. The topological polar surface area (TPSA) is 85.6 Å². The number of methoxy groups -OCH3 is 1. The van der Waals surface area contributed by atoms with Crippen LogP contribution in [-0.4, -0.2) is 53.6 Å². The lowest BCUT2D eigenvalue weighted by Crippen LogP contribution is -2.49. The maximum atomic E-state index is 6.04. The molecule has 2 unspecified atom stereocenters. The van der Waals surface area contributed by atoms with Crippen LogP contribution in [0.5, 0.6) is 5.75 Å². The number of aliphatic imine (C=N–C) groups is 1. The Morgan fingerprint density at radius 1 is 1.34 bits per heavy atom. The summed E-state index contributed by atoms with van der Waals surface area (Å²) in [7, 11) is 3.44. The quantitative estimate of drug-likeness (QED) is 0.320. The molecular weight excluding hydrogens is 483 g/mol. The maximum Gasteiger partial charge on any atom is 0.191 e. The van der Waals surface area contributed by atoms with Crippen LogP contribution in [0.2, 0.25) is 0 Å². The van der Waals surface area contributed by atoms with Crippen molar-refractivity contribution < 1.29 is 9.47 Å². The van der Waals surface area contributed by atoms with Crippen LogP contribution in [-0.2, 0) is 24.3 Å². The number of rotatable bonds is 8. The predicted octanol–water partition coefficient (Wildman–Crippen LogP) is 2.38. The van der Waals surface area contributed by atoms with Crippen molar-refractivity contribution in [2.45, 2.75) is 51.5 Å². The largest absolute Gasteiger partial charge is 0.489 e. The molecule has 0 saturated carbocycles. The Kier molecular flexibility index (Phi) is 9.65. The van der Waals surface area contributed by atoms with Crippen LogP contribution in [0.4, 0.5) is 0 Å². The highest BCUT2D eigenvalue weighted by molar-refractivity contribution is 14.0. The van der Waals surface area contributed by atoms with E-state index in [9.17, 15) is 0 Å². The molecule has 3 rings (SSSR count). The summed E-state index contributed by atoms with van der Waals surface area (Å²) in [4.78, 5) is 8.88. The minimum atomic E-state index is 0. The zero-order valence-electron chi connectivity index (χ0n) is 17.3. The Balaban J connectivity index is 0.00000300. The molecule has 0 bridgehead atoms. The molecule has 0 spiro atoms. The third-order valence-corrected chi connectivity index (χ3v) is 4.74. The van der Waals surface area contributed by atoms with E-state index >= 15 is 0 Å². The van der Waals surface area contributed by atoms with Gasteiger partial charge in [0.1, 0.15) is 24.3 Å². The first-order valence-electron chi connectivity index (χ1n) is 9.82. The van der Waals surface area contributed by atoms with E-state index in [4.69, 9.17) is 9.47 Å².